The Hall–Kier alpha value is -2.97. The Bertz CT molecular complexity index is 814. The molecule has 118 valence electrons. The number of nitrogens with zero attached hydrogens (tertiary/aromatic N) is 5. The number of methoxy groups -OCH3 is 1. The predicted octanol–water partition coefficient (Wildman–Crippen LogP) is 2.75. The Morgan fingerprint density at radius 3 is 2.43 bits per heavy atom. The molecule has 0 atom stereocenters. The molecule has 0 spiro atoms. The van der Waals surface area contributed by atoms with E-state index in [0.717, 1.165) is 12.1 Å². The summed E-state index contributed by atoms with van der Waals surface area (Å²) in [6.07, 6.45) is -4.39. The van der Waals surface area contributed by atoms with Crippen molar-refractivity contribution in [1.82, 2.24) is 25.2 Å². The first-order valence-corrected chi connectivity index (χ1v) is 6.46. The third-order valence-electron chi connectivity index (χ3n) is 3.07. The molecule has 1 aromatic carbocycles. The molecule has 0 bridgehead atoms. The molecule has 0 N–H and O–H groups in total. The van der Waals surface area contributed by atoms with Gasteiger partial charge >= 0.3 is 6.18 Å². The summed E-state index contributed by atoms with van der Waals surface area (Å²) < 4.78 is 44.2. The van der Waals surface area contributed by atoms with E-state index >= 15 is 0 Å². The molecule has 2 heterocycles. The quantitative estimate of drug-likeness (QED) is 0.742. The summed E-state index contributed by atoms with van der Waals surface area (Å²) >= 11 is 0. The lowest BCUT2D eigenvalue weighted by molar-refractivity contribution is -0.137. The van der Waals surface area contributed by atoms with Gasteiger partial charge in [0, 0.05) is 6.07 Å². The molecule has 0 aliphatic heterocycles. The van der Waals surface area contributed by atoms with Crippen LogP contribution in [0.1, 0.15) is 5.56 Å². The van der Waals surface area contributed by atoms with Gasteiger partial charge in [0.25, 0.3) is 0 Å². The van der Waals surface area contributed by atoms with E-state index in [9.17, 15) is 13.2 Å². The highest BCUT2D eigenvalue weighted by Gasteiger charge is 2.30. The smallest absolute Gasteiger partial charge is 0.416 e. The normalized spacial score (nSPS) is 11.5. The van der Waals surface area contributed by atoms with Gasteiger partial charge in [0.15, 0.2) is 0 Å². The monoisotopic (exact) mass is 321 g/mol. The zero-order valence-electron chi connectivity index (χ0n) is 11.8. The number of pyridine rings is 1. The zero-order valence-corrected chi connectivity index (χ0v) is 11.8. The van der Waals surface area contributed by atoms with Crippen molar-refractivity contribution in [2.75, 3.05) is 7.11 Å². The molecule has 9 heteroatoms. The van der Waals surface area contributed by atoms with Crippen LogP contribution in [0.25, 0.3) is 17.2 Å². The topological polar surface area (TPSA) is 65.7 Å². The highest BCUT2D eigenvalue weighted by atomic mass is 19.4. The second-order valence-corrected chi connectivity index (χ2v) is 4.52. The van der Waals surface area contributed by atoms with Gasteiger partial charge < -0.3 is 4.74 Å². The Labute approximate surface area is 128 Å². The molecule has 0 saturated carbocycles. The molecule has 23 heavy (non-hydrogen) atoms. The fraction of sp³-hybridized carbons (Fsp3) is 0.143. The summed E-state index contributed by atoms with van der Waals surface area (Å²) in [7, 11) is 1.48. The van der Waals surface area contributed by atoms with Crippen LogP contribution in [-0.4, -0.2) is 32.3 Å². The Kier molecular flexibility index (Phi) is 3.68. The average molecular weight is 321 g/mol. The van der Waals surface area contributed by atoms with Crippen LogP contribution in [0, 0.1) is 0 Å². The lowest BCUT2D eigenvalue weighted by atomic mass is 10.2. The zero-order chi connectivity index (χ0) is 16.4. The lowest BCUT2D eigenvalue weighted by Crippen LogP contribution is -2.06. The first kappa shape index (κ1) is 14.9. The standard InChI is InChI=1S/C14H10F3N5O/c1-23-12-4-2-3-11(18-12)13-19-20-21-22(13)10-7-5-9(6-8-10)14(15,16)17/h2-8H,1H3. The molecular weight excluding hydrogens is 311 g/mol. The molecule has 0 saturated heterocycles. The van der Waals surface area contributed by atoms with Crippen LogP contribution in [-0.2, 0) is 6.18 Å². The molecule has 0 unspecified atom stereocenters. The maximum absolute atomic E-state index is 12.6. The minimum atomic E-state index is -4.39. The highest BCUT2D eigenvalue weighted by Crippen LogP contribution is 2.30. The molecule has 3 rings (SSSR count). The molecule has 6 nitrogen and oxygen atoms in total. The van der Waals surface area contributed by atoms with Crippen molar-refractivity contribution in [1.29, 1.82) is 0 Å². The van der Waals surface area contributed by atoms with Crippen molar-refractivity contribution < 1.29 is 17.9 Å². The molecule has 0 aliphatic rings. The number of alkyl halides is 3. The summed E-state index contributed by atoms with van der Waals surface area (Å²) in [4.78, 5) is 4.21. The van der Waals surface area contributed by atoms with Crippen molar-refractivity contribution in [2.24, 2.45) is 0 Å². The Balaban J connectivity index is 2.01. The number of tetrazole rings is 1. The molecule has 0 aliphatic carbocycles. The maximum Gasteiger partial charge on any atom is 0.416 e. The molecule has 2 aromatic heterocycles. The van der Waals surface area contributed by atoms with Crippen LogP contribution in [0.2, 0.25) is 0 Å². The van der Waals surface area contributed by atoms with Crippen LogP contribution >= 0.6 is 0 Å². The van der Waals surface area contributed by atoms with Gasteiger partial charge in [-0.15, -0.1) is 5.10 Å². The van der Waals surface area contributed by atoms with E-state index < -0.39 is 11.7 Å². The second kappa shape index (κ2) is 5.67. The lowest BCUT2D eigenvalue weighted by Gasteiger charge is -2.08. The summed E-state index contributed by atoms with van der Waals surface area (Å²) in [6, 6.07) is 9.59. The minimum Gasteiger partial charge on any atom is -0.481 e. The van der Waals surface area contributed by atoms with E-state index in [1.807, 2.05) is 0 Å². The minimum absolute atomic E-state index is 0.295. The van der Waals surface area contributed by atoms with Gasteiger partial charge in [-0.1, -0.05) is 6.07 Å². The number of hydrogen-bond donors (Lipinski definition) is 0. The van der Waals surface area contributed by atoms with Gasteiger partial charge in [-0.05, 0) is 40.8 Å². The molecule has 0 radical (unpaired) electrons. The van der Waals surface area contributed by atoms with Crippen LogP contribution < -0.4 is 4.74 Å². The van der Waals surface area contributed by atoms with Gasteiger partial charge in [-0.2, -0.15) is 17.9 Å². The average Bonchev–Trinajstić information content (AvgIpc) is 3.04. The van der Waals surface area contributed by atoms with Crippen LogP contribution in [0.5, 0.6) is 5.88 Å². The summed E-state index contributed by atoms with van der Waals surface area (Å²) in [6.45, 7) is 0. The number of rotatable bonds is 3. The highest BCUT2D eigenvalue weighted by molar-refractivity contribution is 5.53. The third kappa shape index (κ3) is 2.98. The number of halogens is 3. The summed E-state index contributed by atoms with van der Waals surface area (Å²) in [5.41, 5.74) is 0.0900. The third-order valence-corrected chi connectivity index (χ3v) is 3.07. The second-order valence-electron chi connectivity index (χ2n) is 4.52. The van der Waals surface area contributed by atoms with Crippen LogP contribution in [0.15, 0.2) is 42.5 Å². The van der Waals surface area contributed by atoms with E-state index in [4.69, 9.17) is 4.74 Å². The maximum atomic E-state index is 12.6. The Morgan fingerprint density at radius 2 is 1.78 bits per heavy atom. The van der Waals surface area contributed by atoms with Crippen LogP contribution in [0.4, 0.5) is 13.2 Å². The van der Waals surface area contributed by atoms with Crippen molar-refractivity contribution in [3.63, 3.8) is 0 Å². The Morgan fingerprint density at radius 1 is 1.04 bits per heavy atom. The van der Waals surface area contributed by atoms with Gasteiger partial charge in [0.2, 0.25) is 11.7 Å². The van der Waals surface area contributed by atoms with E-state index in [1.54, 1.807) is 18.2 Å². The molecular formula is C14H10F3N5O. The molecule has 0 fully saturated rings. The van der Waals surface area contributed by atoms with Crippen molar-refractivity contribution in [3.8, 4) is 23.1 Å². The van der Waals surface area contributed by atoms with E-state index in [2.05, 4.69) is 20.5 Å². The van der Waals surface area contributed by atoms with Gasteiger partial charge in [0.05, 0.1) is 18.4 Å². The van der Waals surface area contributed by atoms with Crippen molar-refractivity contribution >= 4 is 0 Å². The number of benzene rings is 1. The van der Waals surface area contributed by atoms with Gasteiger partial charge in [-0.3, -0.25) is 0 Å². The number of ether oxygens (including phenoxy) is 1. The van der Waals surface area contributed by atoms with Crippen molar-refractivity contribution in [2.45, 2.75) is 6.18 Å². The van der Waals surface area contributed by atoms with E-state index in [0.29, 0.717) is 23.1 Å². The summed E-state index contributed by atoms with van der Waals surface area (Å²) in [5, 5.41) is 11.2. The van der Waals surface area contributed by atoms with Crippen molar-refractivity contribution in [3.05, 3.63) is 48.0 Å². The summed E-state index contributed by atoms with van der Waals surface area (Å²) in [5.74, 6) is 0.674. The molecule has 0 amide bonds. The largest absolute Gasteiger partial charge is 0.481 e. The van der Waals surface area contributed by atoms with Gasteiger partial charge in [0.1, 0.15) is 5.69 Å². The first-order valence-electron chi connectivity index (χ1n) is 6.46. The predicted molar refractivity (Wildman–Crippen MR) is 73.9 cm³/mol. The SMILES string of the molecule is COc1cccc(-c2nnnn2-c2ccc(C(F)(F)F)cc2)n1. The molecule has 3 aromatic rings. The van der Waals surface area contributed by atoms with Gasteiger partial charge in [-0.25, -0.2) is 4.98 Å². The fourth-order valence-corrected chi connectivity index (χ4v) is 1.97. The number of hydrogen-bond acceptors (Lipinski definition) is 5. The fourth-order valence-electron chi connectivity index (χ4n) is 1.97. The number of aromatic nitrogens is 5. The van der Waals surface area contributed by atoms with E-state index in [1.165, 1.54) is 23.9 Å². The van der Waals surface area contributed by atoms with E-state index in [-0.39, 0.29) is 0 Å². The first-order chi connectivity index (χ1) is 11.0. The van der Waals surface area contributed by atoms with Crippen LogP contribution in [0.3, 0.4) is 0 Å².